The van der Waals surface area contributed by atoms with Crippen molar-refractivity contribution >= 4 is 22.7 Å². The average Bonchev–Trinajstić information content (AvgIpc) is 3.30. The predicted molar refractivity (Wildman–Crippen MR) is 153 cm³/mol. The number of likely N-dealkylation sites (N-methyl/N-ethyl adjacent to an activating group) is 1. The van der Waals surface area contributed by atoms with Crippen LogP contribution in [0.25, 0.3) is 33.4 Å². The van der Waals surface area contributed by atoms with Gasteiger partial charge in [-0.05, 0) is 92.2 Å². The number of nitrogens with one attached hydrogen (secondary N) is 1. The highest BCUT2D eigenvalue weighted by Crippen LogP contribution is 2.37. The van der Waals surface area contributed by atoms with Gasteiger partial charge in [-0.2, -0.15) is 0 Å². The molecule has 39 heavy (non-hydrogen) atoms. The Bertz CT molecular complexity index is 1470. The maximum Gasteiger partial charge on any atom is 0.255 e. The molecule has 1 heterocycles. The molecule has 0 saturated carbocycles. The first-order chi connectivity index (χ1) is 18.7. The summed E-state index contributed by atoms with van der Waals surface area (Å²) in [6.07, 6.45) is 1.27. The molecule has 1 N–H and O–H groups in total. The Morgan fingerprint density at radius 3 is 2.36 bits per heavy atom. The molecule has 204 valence electrons. The average molecular weight is 531 g/mol. The smallest absolute Gasteiger partial charge is 0.255 e. The normalized spacial score (nSPS) is 11.4. The van der Waals surface area contributed by atoms with Crippen molar-refractivity contribution in [3.63, 3.8) is 0 Å². The van der Waals surface area contributed by atoms with Crippen molar-refractivity contribution in [2.24, 2.45) is 5.92 Å². The fourth-order valence-corrected chi connectivity index (χ4v) is 4.35. The molecule has 0 atom stereocenters. The van der Waals surface area contributed by atoms with Crippen molar-refractivity contribution in [1.82, 2.24) is 10.2 Å². The van der Waals surface area contributed by atoms with E-state index in [1.165, 1.54) is 12.1 Å². The standard InChI is InChI=1S/C32H35FN2O4/c1-20(2)6-12-28(36)24-16-23(17-26(18-24)38-15-14-35(4)5)22-9-13-29-27(19-22)30(32(37)34-3)31(39-29)21-7-10-25(33)11-8-21/h7-11,13,16-20H,6,12,14-15H2,1-5H3,(H,34,37). The molecule has 0 spiro atoms. The van der Waals surface area contributed by atoms with Crippen LogP contribution in [-0.4, -0.2) is 50.9 Å². The van der Waals surface area contributed by atoms with Crippen molar-refractivity contribution in [3.8, 4) is 28.2 Å². The number of nitrogens with zero attached hydrogens (tertiary/aromatic N) is 1. The number of ketones is 1. The van der Waals surface area contributed by atoms with Gasteiger partial charge in [-0.1, -0.05) is 19.9 Å². The highest BCUT2D eigenvalue weighted by Gasteiger charge is 2.22. The van der Waals surface area contributed by atoms with E-state index >= 15 is 0 Å². The van der Waals surface area contributed by atoms with Gasteiger partial charge in [-0.3, -0.25) is 9.59 Å². The molecule has 4 rings (SSSR count). The quantitative estimate of drug-likeness (QED) is 0.215. The van der Waals surface area contributed by atoms with Crippen LogP contribution in [0.4, 0.5) is 4.39 Å². The van der Waals surface area contributed by atoms with Crippen molar-refractivity contribution in [1.29, 1.82) is 0 Å². The van der Waals surface area contributed by atoms with Gasteiger partial charge in [-0.15, -0.1) is 0 Å². The van der Waals surface area contributed by atoms with Crippen molar-refractivity contribution in [2.75, 3.05) is 34.3 Å². The van der Waals surface area contributed by atoms with Crippen LogP contribution in [0.15, 0.2) is 65.1 Å². The van der Waals surface area contributed by atoms with Gasteiger partial charge in [0.15, 0.2) is 5.78 Å². The Hall–Kier alpha value is -3.97. The summed E-state index contributed by atoms with van der Waals surface area (Å²) in [6.45, 7) is 5.43. The minimum Gasteiger partial charge on any atom is -0.492 e. The minimum atomic E-state index is -0.370. The lowest BCUT2D eigenvalue weighted by molar-refractivity contribution is 0.0960. The third-order valence-electron chi connectivity index (χ3n) is 6.57. The molecule has 0 unspecified atom stereocenters. The lowest BCUT2D eigenvalue weighted by atomic mass is 9.96. The van der Waals surface area contributed by atoms with Crippen LogP contribution in [-0.2, 0) is 0 Å². The molecular formula is C32H35FN2O4. The summed E-state index contributed by atoms with van der Waals surface area (Å²) < 4.78 is 25.7. The summed E-state index contributed by atoms with van der Waals surface area (Å²) in [4.78, 5) is 28.1. The van der Waals surface area contributed by atoms with Gasteiger partial charge in [0, 0.05) is 36.5 Å². The van der Waals surface area contributed by atoms with Gasteiger partial charge < -0.3 is 19.4 Å². The maximum absolute atomic E-state index is 13.6. The number of carbonyl (C=O) groups excluding carboxylic acids is 2. The number of Topliss-reactive ketones (excluding diaryl/α,β-unsaturated/α-hetero) is 1. The van der Waals surface area contributed by atoms with Gasteiger partial charge in [0.2, 0.25) is 0 Å². The summed E-state index contributed by atoms with van der Waals surface area (Å²) in [7, 11) is 5.51. The van der Waals surface area contributed by atoms with Crippen molar-refractivity contribution in [3.05, 3.63) is 77.6 Å². The monoisotopic (exact) mass is 530 g/mol. The zero-order valence-corrected chi connectivity index (χ0v) is 23.1. The van der Waals surface area contributed by atoms with Crippen LogP contribution in [0.5, 0.6) is 5.75 Å². The molecule has 1 amide bonds. The molecule has 1 aromatic heterocycles. The molecule has 0 bridgehead atoms. The summed E-state index contributed by atoms with van der Waals surface area (Å²) in [6, 6.07) is 17.0. The molecule has 0 aliphatic carbocycles. The Morgan fingerprint density at radius 1 is 0.974 bits per heavy atom. The maximum atomic E-state index is 13.6. The second-order valence-corrected chi connectivity index (χ2v) is 10.4. The van der Waals surface area contributed by atoms with E-state index in [9.17, 15) is 14.0 Å². The molecule has 7 heteroatoms. The topological polar surface area (TPSA) is 71.8 Å². The molecule has 6 nitrogen and oxygen atoms in total. The second-order valence-electron chi connectivity index (χ2n) is 10.4. The molecule has 0 radical (unpaired) electrons. The lowest BCUT2D eigenvalue weighted by Gasteiger charge is -2.14. The Kier molecular flexibility index (Phi) is 8.82. The molecular weight excluding hydrogens is 495 g/mol. The number of halogens is 1. The zero-order valence-electron chi connectivity index (χ0n) is 23.1. The molecule has 0 aliphatic rings. The first kappa shape index (κ1) is 28.0. The molecule has 4 aromatic rings. The summed E-state index contributed by atoms with van der Waals surface area (Å²) in [5.74, 6) is 0.799. The first-order valence-electron chi connectivity index (χ1n) is 13.2. The number of hydrogen-bond acceptors (Lipinski definition) is 5. The SMILES string of the molecule is CNC(=O)c1c(-c2ccc(F)cc2)oc2ccc(-c3cc(OCCN(C)C)cc(C(=O)CCC(C)C)c3)cc12. The van der Waals surface area contributed by atoms with E-state index in [1.807, 2.05) is 49.3 Å². The van der Waals surface area contributed by atoms with Crippen LogP contribution in [0, 0.1) is 11.7 Å². The van der Waals surface area contributed by atoms with E-state index in [0.29, 0.717) is 58.1 Å². The van der Waals surface area contributed by atoms with Gasteiger partial charge in [0.1, 0.15) is 29.5 Å². The van der Waals surface area contributed by atoms with E-state index in [4.69, 9.17) is 9.15 Å². The molecule has 0 saturated heterocycles. The molecule has 0 fully saturated rings. The highest BCUT2D eigenvalue weighted by molar-refractivity contribution is 6.12. The van der Waals surface area contributed by atoms with Crippen LogP contribution in [0.1, 0.15) is 47.4 Å². The van der Waals surface area contributed by atoms with Crippen LogP contribution < -0.4 is 10.1 Å². The third-order valence-corrected chi connectivity index (χ3v) is 6.57. The predicted octanol–water partition coefficient (Wildman–Crippen LogP) is 6.82. The molecule has 3 aromatic carbocycles. The summed E-state index contributed by atoms with van der Waals surface area (Å²) >= 11 is 0. The van der Waals surface area contributed by atoms with Crippen molar-refractivity contribution in [2.45, 2.75) is 26.7 Å². The van der Waals surface area contributed by atoms with Gasteiger partial charge in [0.05, 0.1) is 5.56 Å². The van der Waals surface area contributed by atoms with Crippen LogP contribution in [0.2, 0.25) is 0 Å². The number of hydrogen-bond donors (Lipinski definition) is 1. The van der Waals surface area contributed by atoms with E-state index in [2.05, 4.69) is 19.2 Å². The van der Waals surface area contributed by atoms with Crippen LogP contribution in [0.3, 0.4) is 0 Å². The minimum absolute atomic E-state index is 0.0667. The number of furan rings is 1. The number of ether oxygens (including phenoxy) is 1. The number of carbonyl (C=O) groups is 2. The number of fused-ring (bicyclic) bond motifs is 1. The number of amides is 1. The zero-order chi connectivity index (χ0) is 28.1. The van der Waals surface area contributed by atoms with Gasteiger partial charge >= 0.3 is 0 Å². The Balaban J connectivity index is 1.80. The fourth-order valence-electron chi connectivity index (χ4n) is 4.35. The number of benzene rings is 3. The van der Waals surface area contributed by atoms with E-state index < -0.39 is 0 Å². The van der Waals surface area contributed by atoms with Crippen molar-refractivity contribution < 1.29 is 23.1 Å². The van der Waals surface area contributed by atoms with Gasteiger partial charge in [0.25, 0.3) is 5.91 Å². The first-order valence-corrected chi connectivity index (χ1v) is 13.2. The summed E-state index contributed by atoms with van der Waals surface area (Å²) in [5.41, 5.74) is 3.71. The van der Waals surface area contributed by atoms with E-state index in [-0.39, 0.29) is 17.5 Å². The largest absolute Gasteiger partial charge is 0.492 e. The second kappa shape index (κ2) is 12.3. The van der Waals surface area contributed by atoms with E-state index in [0.717, 1.165) is 24.1 Å². The Morgan fingerprint density at radius 2 is 1.69 bits per heavy atom. The molecule has 0 aliphatic heterocycles. The lowest BCUT2D eigenvalue weighted by Crippen LogP contribution is -2.19. The van der Waals surface area contributed by atoms with Gasteiger partial charge in [-0.25, -0.2) is 4.39 Å². The summed E-state index contributed by atoms with van der Waals surface area (Å²) in [5, 5.41) is 3.31. The Labute approximate surface area is 228 Å². The fraction of sp³-hybridized carbons (Fsp3) is 0.312. The van der Waals surface area contributed by atoms with Crippen LogP contribution >= 0.6 is 0 Å². The highest BCUT2D eigenvalue weighted by atomic mass is 19.1. The number of rotatable bonds is 11. The van der Waals surface area contributed by atoms with E-state index in [1.54, 1.807) is 25.2 Å². The third kappa shape index (κ3) is 6.73.